The molecule has 1 saturated heterocycles. The lowest BCUT2D eigenvalue weighted by Crippen LogP contribution is -2.49. The molecule has 3 rings (SSSR count). The van der Waals surface area contributed by atoms with Gasteiger partial charge in [-0.25, -0.2) is 0 Å². The summed E-state index contributed by atoms with van der Waals surface area (Å²) < 4.78 is 0. The molecule has 1 unspecified atom stereocenters. The van der Waals surface area contributed by atoms with Crippen molar-refractivity contribution in [2.24, 2.45) is 5.92 Å². The molecule has 1 amide bonds. The Hall–Kier alpha value is -1.35. The molecular weight excluding hydrogens is 260 g/mol. The van der Waals surface area contributed by atoms with Gasteiger partial charge in [-0.15, -0.1) is 0 Å². The van der Waals surface area contributed by atoms with Crippen molar-refractivity contribution in [3.8, 4) is 0 Å². The monoisotopic (exact) mass is 286 g/mol. The average molecular weight is 286 g/mol. The highest BCUT2D eigenvalue weighted by atomic mass is 16.2. The van der Waals surface area contributed by atoms with Crippen molar-refractivity contribution in [1.29, 1.82) is 0 Å². The summed E-state index contributed by atoms with van der Waals surface area (Å²) in [6, 6.07) is 8.43. The fourth-order valence-corrected chi connectivity index (χ4v) is 3.64. The molecule has 3 heteroatoms. The van der Waals surface area contributed by atoms with Crippen LogP contribution in [0.15, 0.2) is 24.3 Å². The van der Waals surface area contributed by atoms with Gasteiger partial charge in [0.1, 0.15) is 0 Å². The highest BCUT2D eigenvalue weighted by Crippen LogP contribution is 2.22. The van der Waals surface area contributed by atoms with Gasteiger partial charge >= 0.3 is 0 Å². The Kier molecular flexibility index (Phi) is 4.59. The minimum atomic E-state index is -0.0296. The van der Waals surface area contributed by atoms with Gasteiger partial charge in [-0.2, -0.15) is 0 Å². The Balaban J connectivity index is 1.64. The molecule has 114 valence electrons. The molecule has 1 aromatic rings. The molecule has 2 heterocycles. The molecular formula is C18H26N2O. The normalized spacial score (nSPS) is 26.0. The number of carbonyl (C=O) groups excluding carboxylic acids is 1. The maximum Gasteiger partial charge on any atom is 0.240 e. The molecule has 1 fully saturated rings. The van der Waals surface area contributed by atoms with Crippen LogP contribution in [0.25, 0.3) is 0 Å². The topological polar surface area (TPSA) is 32.3 Å². The summed E-state index contributed by atoms with van der Waals surface area (Å²) in [4.78, 5) is 14.9. The van der Waals surface area contributed by atoms with Gasteiger partial charge in [0, 0.05) is 19.6 Å². The molecule has 0 aromatic heterocycles. The maximum atomic E-state index is 12.8. The number of nitrogens with zero attached hydrogens (tertiary/aromatic N) is 1. The van der Waals surface area contributed by atoms with Crippen LogP contribution in [0.2, 0.25) is 0 Å². The number of amides is 1. The zero-order valence-electron chi connectivity index (χ0n) is 13.0. The molecule has 0 saturated carbocycles. The first-order valence-electron chi connectivity index (χ1n) is 8.37. The van der Waals surface area contributed by atoms with E-state index in [1.54, 1.807) is 0 Å². The Bertz CT molecular complexity index is 500. The first-order valence-corrected chi connectivity index (χ1v) is 8.37. The van der Waals surface area contributed by atoms with E-state index in [4.69, 9.17) is 0 Å². The Labute approximate surface area is 127 Å². The summed E-state index contributed by atoms with van der Waals surface area (Å²) in [5.74, 6) is 1.11. The second-order valence-corrected chi connectivity index (χ2v) is 6.44. The van der Waals surface area contributed by atoms with Crippen molar-refractivity contribution in [3.63, 3.8) is 0 Å². The Morgan fingerprint density at radius 1 is 1.24 bits per heavy atom. The third kappa shape index (κ3) is 3.29. The molecule has 1 N–H and O–H groups in total. The van der Waals surface area contributed by atoms with Gasteiger partial charge < -0.3 is 10.2 Å². The lowest BCUT2D eigenvalue weighted by atomic mass is 9.95. The fourth-order valence-electron chi connectivity index (χ4n) is 3.64. The van der Waals surface area contributed by atoms with E-state index in [0.29, 0.717) is 5.91 Å². The predicted octanol–water partition coefficient (Wildman–Crippen LogP) is 2.74. The number of likely N-dealkylation sites (tertiary alicyclic amines) is 1. The SMILES string of the molecule is CCC1CCCN(C(=O)[C@@H]2Cc3ccccc3CN2)CC1. The van der Waals surface area contributed by atoms with E-state index >= 15 is 0 Å². The van der Waals surface area contributed by atoms with Crippen LogP contribution in [0.4, 0.5) is 0 Å². The minimum Gasteiger partial charge on any atom is -0.341 e. The van der Waals surface area contributed by atoms with Crippen molar-refractivity contribution in [3.05, 3.63) is 35.4 Å². The van der Waals surface area contributed by atoms with Gasteiger partial charge in [0.2, 0.25) is 5.91 Å². The standard InChI is InChI=1S/C18H26N2O/c1-2-14-6-5-10-20(11-9-14)18(21)17-12-15-7-3-4-8-16(15)13-19-17/h3-4,7-8,14,17,19H,2,5-6,9-13H2,1H3/t14?,17-/m0/s1. The number of hydrogen-bond donors (Lipinski definition) is 1. The number of hydrogen-bond acceptors (Lipinski definition) is 2. The highest BCUT2D eigenvalue weighted by Gasteiger charge is 2.29. The third-order valence-electron chi connectivity index (χ3n) is 5.12. The second-order valence-electron chi connectivity index (χ2n) is 6.44. The highest BCUT2D eigenvalue weighted by molar-refractivity contribution is 5.82. The summed E-state index contributed by atoms with van der Waals surface area (Å²) in [7, 11) is 0. The first-order chi connectivity index (χ1) is 10.3. The number of rotatable bonds is 2. The van der Waals surface area contributed by atoms with E-state index in [9.17, 15) is 4.79 Å². The molecule has 0 spiro atoms. The molecule has 2 aliphatic rings. The predicted molar refractivity (Wildman–Crippen MR) is 85.0 cm³/mol. The smallest absolute Gasteiger partial charge is 0.240 e. The molecule has 0 bridgehead atoms. The quantitative estimate of drug-likeness (QED) is 0.906. The van der Waals surface area contributed by atoms with Crippen molar-refractivity contribution in [2.45, 2.75) is 51.6 Å². The van der Waals surface area contributed by atoms with Crippen LogP contribution >= 0.6 is 0 Å². The Morgan fingerprint density at radius 2 is 2.05 bits per heavy atom. The van der Waals surface area contributed by atoms with Crippen molar-refractivity contribution < 1.29 is 4.79 Å². The minimum absolute atomic E-state index is 0.0296. The molecule has 21 heavy (non-hydrogen) atoms. The van der Waals surface area contributed by atoms with E-state index < -0.39 is 0 Å². The summed E-state index contributed by atoms with van der Waals surface area (Å²) in [6.45, 7) is 4.96. The fraction of sp³-hybridized carbons (Fsp3) is 0.611. The largest absolute Gasteiger partial charge is 0.341 e. The van der Waals surface area contributed by atoms with Crippen LogP contribution in [-0.4, -0.2) is 29.9 Å². The van der Waals surface area contributed by atoms with Gasteiger partial charge in [-0.05, 0) is 42.7 Å². The van der Waals surface area contributed by atoms with Gasteiger partial charge in [0.05, 0.1) is 6.04 Å². The van der Waals surface area contributed by atoms with E-state index in [1.165, 1.54) is 30.4 Å². The first kappa shape index (κ1) is 14.6. The number of carbonyl (C=O) groups is 1. The summed E-state index contributed by atoms with van der Waals surface area (Å²) in [5.41, 5.74) is 2.67. The van der Waals surface area contributed by atoms with Gasteiger partial charge in [-0.1, -0.05) is 37.6 Å². The van der Waals surface area contributed by atoms with Gasteiger partial charge in [0.15, 0.2) is 0 Å². The summed E-state index contributed by atoms with van der Waals surface area (Å²) in [5, 5.41) is 3.43. The van der Waals surface area contributed by atoms with E-state index in [-0.39, 0.29) is 6.04 Å². The maximum absolute atomic E-state index is 12.8. The second kappa shape index (κ2) is 6.61. The third-order valence-corrected chi connectivity index (χ3v) is 5.12. The molecule has 0 radical (unpaired) electrons. The lowest BCUT2D eigenvalue weighted by Gasteiger charge is -2.30. The van der Waals surface area contributed by atoms with Crippen molar-refractivity contribution in [2.75, 3.05) is 13.1 Å². The van der Waals surface area contributed by atoms with E-state index in [1.807, 2.05) is 0 Å². The molecule has 2 atom stereocenters. The molecule has 1 aromatic carbocycles. The number of nitrogens with one attached hydrogen (secondary N) is 1. The van der Waals surface area contributed by atoms with Crippen LogP contribution in [0.1, 0.15) is 43.7 Å². The van der Waals surface area contributed by atoms with Crippen LogP contribution in [0.5, 0.6) is 0 Å². The zero-order valence-corrected chi connectivity index (χ0v) is 13.0. The van der Waals surface area contributed by atoms with Gasteiger partial charge in [-0.3, -0.25) is 4.79 Å². The van der Waals surface area contributed by atoms with Crippen LogP contribution < -0.4 is 5.32 Å². The average Bonchev–Trinajstić information content (AvgIpc) is 2.79. The van der Waals surface area contributed by atoms with E-state index in [0.717, 1.165) is 38.4 Å². The van der Waals surface area contributed by atoms with Gasteiger partial charge in [0.25, 0.3) is 0 Å². The van der Waals surface area contributed by atoms with E-state index in [2.05, 4.69) is 41.4 Å². The summed E-state index contributed by atoms with van der Waals surface area (Å²) >= 11 is 0. The number of benzene rings is 1. The molecule has 0 aliphatic carbocycles. The number of fused-ring (bicyclic) bond motifs is 1. The van der Waals surface area contributed by atoms with Crippen molar-refractivity contribution >= 4 is 5.91 Å². The summed E-state index contributed by atoms with van der Waals surface area (Å²) in [6.07, 6.45) is 5.69. The van der Waals surface area contributed by atoms with Crippen molar-refractivity contribution in [1.82, 2.24) is 10.2 Å². The van der Waals surface area contributed by atoms with Crippen LogP contribution in [-0.2, 0) is 17.8 Å². The zero-order chi connectivity index (χ0) is 14.7. The lowest BCUT2D eigenvalue weighted by molar-refractivity contribution is -0.133. The Morgan fingerprint density at radius 3 is 2.86 bits per heavy atom. The molecule has 3 nitrogen and oxygen atoms in total. The van der Waals surface area contributed by atoms with Crippen LogP contribution in [0, 0.1) is 5.92 Å². The molecule has 2 aliphatic heterocycles. The van der Waals surface area contributed by atoms with Crippen LogP contribution in [0.3, 0.4) is 0 Å².